The van der Waals surface area contributed by atoms with E-state index in [2.05, 4.69) is 15.0 Å². The molecule has 0 amide bonds. The van der Waals surface area contributed by atoms with Crippen LogP contribution in [0, 0.1) is 0 Å². The van der Waals surface area contributed by atoms with Gasteiger partial charge in [-0.15, -0.1) is 0 Å². The van der Waals surface area contributed by atoms with Crippen LogP contribution in [0.1, 0.15) is 54.5 Å². The molecule has 0 saturated carbocycles. The van der Waals surface area contributed by atoms with E-state index >= 15 is 0 Å². The highest BCUT2D eigenvalue weighted by Gasteiger charge is 2.36. The normalized spacial score (nSPS) is 19.6. The first kappa shape index (κ1) is 21.2. The summed E-state index contributed by atoms with van der Waals surface area (Å²) in [6, 6.07) is 6.28. The van der Waals surface area contributed by atoms with E-state index in [1.807, 2.05) is 11.7 Å². The summed E-state index contributed by atoms with van der Waals surface area (Å²) in [4.78, 5) is 19.8. The highest BCUT2D eigenvalue weighted by atomic mass is 19.4. The van der Waals surface area contributed by atoms with E-state index in [0.29, 0.717) is 18.5 Å². The molecule has 9 heteroatoms. The second-order valence-electron chi connectivity index (χ2n) is 8.82. The molecule has 1 fully saturated rings. The third-order valence-electron chi connectivity index (χ3n) is 6.69. The Hall–Kier alpha value is -2.68. The van der Waals surface area contributed by atoms with Crippen molar-refractivity contribution < 1.29 is 13.2 Å². The van der Waals surface area contributed by atoms with Crippen molar-refractivity contribution in [3.8, 4) is 0 Å². The zero-order valence-corrected chi connectivity index (χ0v) is 18.0. The van der Waals surface area contributed by atoms with Crippen LogP contribution in [-0.4, -0.2) is 37.0 Å². The number of hydrogen-bond acceptors (Lipinski definition) is 4. The Balaban J connectivity index is 1.56. The monoisotopic (exact) mass is 445 g/mol. The van der Waals surface area contributed by atoms with E-state index in [9.17, 15) is 18.0 Å². The van der Waals surface area contributed by atoms with Crippen LogP contribution in [0.25, 0.3) is 10.9 Å². The smallest absolute Gasteiger partial charge is 0.288 e. The Labute approximate surface area is 183 Å². The molecule has 1 unspecified atom stereocenters. The number of likely N-dealkylation sites (tertiary alicyclic amines) is 1. The molecular formula is C23H26F3N5O. The van der Waals surface area contributed by atoms with Gasteiger partial charge in [0.25, 0.3) is 5.56 Å². The van der Waals surface area contributed by atoms with Gasteiger partial charge in [-0.2, -0.15) is 18.3 Å². The third-order valence-corrected chi connectivity index (χ3v) is 6.69. The fourth-order valence-electron chi connectivity index (χ4n) is 5.22. The molecule has 1 atom stereocenters. The maximum absolute atomic E-state index is 13.4. The zero-order chi connectivity index (χ0) is 22.5. The minimum absolute atomic E-state index is 0.208. The lowest BCUT2D eigenvalue weighted by molar-refractivity contribution is -0.142. The summed E-state index contributed by atoms with van der Waals surface area (Å²) in [6.45, 7) is 0.0159. The maximum atomic E-state index is 13.4. The second-order valence-corrected chi connectivity index (χ2v) is 8.82. The predicted molar refractivity (Wildman–Crippen MR) is 114 cm³/mol. The molecule has 32 heavy (non-hydrogen) atoms. The van der Waals surface area contributed by atoms with Gasteiger partial charge in [0.2, 0.25) is 0 Å². The van der Waals surface area contributed by atoms with Gasteiger partial charge >= 0.3 is 6.18 Å². The van der Waals surface area contributed by atoms with Crippen molar-refractivity contribution in [2.75, 3.05) is 6.54 Å². The summed E-state index contributed by atoms with van der Waals surface area (Å²) < 4.78 is 43.0. The number of nitrogens with zero attached hydrogens (tertiary/aromatic N) is 5. The van der Waals surface area contributed by atoms with Crippen LogP contribution in [0.3, 0.4) is 0 Å². The molecule has 0 bridgehead atoms. The van der Waals surface area contributed by atoms with Crippen molar-refractivity contribution in [1.29, 1.82) is 0 Å². The Kier molecular flexibility index (Phi) is 5.31. The molecule has 170 valence electrons. The molecular weight excluding hydrogens is 419 g/mol. The van der Waals surface area contributed by atoms with Gasteiger partial charge in [0.1, 0.15) is 12.4 Å². The standard InChI is InChI=1S/C23H26F3N5O/c1-29-20(15-7-2-5-10-18(15)28-29)13-30-12-6-11-19(30)21-27-17-9-4-3-8-16(17)22(32)31(21)14-23(24,25)26/h3-4,8-9,19H,2,5-7,10-14H2,1H3. The van der Waals surface area contributed by atoms with Gasteiger partial charge < -0.3 is 0 Å². The van der Waals surface area contributed by atoms with Crippen molar-refractivity contribution in [2.45, 2.75) is 63.8 Å². The number of fused-ring (bicyclic) bond motifs is 2. The molecule has 1 aliphatic carbocycles. The Morgan fingerprint density at radius 3 is 2.72 bits per heavy atom. The van der Waals surface area contributed by atoms with Crippen molar-refractivity contribution >= 4 is 10.9 Å². The van der Waals surface area contributed by atoms with Gasteiger partial charge in [-0.1, -0.05) is 12.1 Å². The summed E-state index contributed by atoms with van der Waals surface area (Å²) in [5.74, 6) is 0.208. The predicted octanol–water partition coefficient (Wildman–Crippen LogP) is 3.91. The fourth-order valence-corrected chi connectivity index (χ4v) is 5.22. The number of para-hydroxylation sites is 1. The van der Waals surface area contributed by atoms with E-state index in [0.717, 1.165) is 54.6 Å². The van der Waals surface area contributed by atoms with E-state index in [1.54, 1.807) is 18.2 Å². The number of aromatic nitrogens is 4. The third kappa shape index (κ3) is 3.83. The number of aryl methyl sites for hydroxylation is 2. The quantitative estimate of drug-likeness (QED) is 0.611. The number of halogens is 3. The molecule has 0 radical (unpaired) electrons. The average molecular weight is 445 g/mol. The highest BCUT2D eigenvalue weighted by molar-refractivity contribution is 5.77. The van der Waals surface area contributed by atoms with E-state index < -0.39 is 18.3 Å². The van der Waals surface area contributed by atoms with Gasteiger partial charge in [0.05, 0.1) is 28.3 Å². The van der Waals surface area contributed by atoms with Crippen molar-refractivity contribution in [3.05, 3.63) is 57.4 Å². The minimum atomic E-state index is -4.51. The van der Waals surface area contributed by atoms with Crippen LogP contribution in [0.15, 0.2) is 29.1 Å². The van der Waals surface area contributed by atoms with Crippen molar-refractivity contribution in [1.82, 2.24) is 24.2 Å². The van der Waals surface area contributed by atoms with Gasteiger partial charge in [-0.3, -0.25) is 18.9 Å². The number of hydrogen-bond donors (Lipinski definition) is 0. The van der Waals surface area contributed by atoms with Crippen LogP contribution < -0.4 is 5.56 Å². The van der Waals surface area contributed by atoms with E-state index in [4.69, 9.17) is 0 Å². The second kappa shape index (κ2) is 8.03. The summed E-state index contributed by atoms with van der Waals surface area (Å²) in [6.07, 6.45) is 1.25. The molecule has 2 aliphatic rings. The molecule has 3 aromatic rings. The van der Waals surface area contributed by atoms with Gasteiger partial charge in [0.15, 0.2) is 0 Å². The Bertz CT molecular complexity index is 1210. The van der Waals surface area contributed by atoms with Crippen LogP contribution >= 0.6 is 0 Å². The molecule has 1 saturated heterocycles. The first-order valence-corrected chi connectivity index (χ1v) is 11.2. The minimum Gasteiger partial charge on any atom is -0.288 e. The first-order valence-electron chi connectivity index (χ1n) is 11.2. The summed E-state index contributed by atoms with van der Waals surface area (Å²) in [7, 11) is 1.94. The number of benzene rings is 1. The molecule has 1 aromatic carbocycles. The van der Waals surface area contributed by atoms with Crippen LogP contribution in [0.5, 0.6) is 0 Å². The lowest BCUT2D eigenvalue weighted by Gasteiger charge is -2.27. The SMILES string of the molecule is Cn1nc2c(c1CN1CCCC1c1nc3ccccc3c(=O)n1CC(F)(F)F)CCCC2. The van der Waals surface area contributed by atoms with Crippen LogP contribution in [0.4, 0.5) is 13.2 Å². The molecule has 1 aliphatic heterocycles. The topological polar surface area (TPSA) is 56.0 Å². The van der Waals surface area contributed by atoms with E-state index in [-0.39, 0.29) is 17.3 Å². The maximum Gasteiger partial charge on any atom is 0.406 e. The van der Waals surface area contributed by atoms with E-state index in [1.165, 1.54) is 11.6 Å². The Morgan fingerprint density at radius 1 is 1.12 bits per heavy atom. The molecule has 5 rings (SSSR count). The van der Waals surface area contributed by atoms with Crippen LogP contribution in [-0.2, 0) is 33.0 Å². The molecule has 2 aromatic heterocycles. The molecule has 6 nitrogen and oxygen atoms in total. The summed E-state index contributed by atoms with van der Waals surface area (Å²) >= 11 is 0. The van der Waals surface area contributed by atoms with Crippen LogP contribution in [0.2, 0.25) is 0 Å². The summed E-state index contributed by atoms with van der Waals surface area (Å²) in [5, 5.41) is 4.90. The highest BCUT2D eigenvalue weighted by Crippen LogP contribution is 2.35. The molecule has 0 spiro atoms. The Morgan fingerprint density at radius 2 is 1.91 bits per heavy atom. The van der Waals surface area contributed by atoms with Gasteiger partial charge in [-0.05, 0) is 62.8 Å². The van der Waals surface area contributed by atoms with Crippen molar-refractivity contribution in [3.63, 3.8) is 0 Å². The lowest BCUT2D eigenvalue weighted by Crippen LogP contribution is -2.36. The van der Waals surface area contributed by atoms with Gasteiger partial charge in [0, 0.05) is 13.6 Å². The summed E-state index contributed by atoms with van der Waals surface area (Å²) in [5.41, 5.74) is 3.35. The zero-order valence-electron chi connectivity index (χ0n) is 18.0. The van der Waals surface area contributed by atoms with Crippen molar-refractivity contribution in [2.24, 2.45) is 7.05 Å². The number of rotatable bonds is 4. The first-order chi connectivity index (χ1) is 15.3. The van der Waals surface area contributed by atoms with Gasteiger partial charge in [-0.25, -0.2) is 4.98 Å². The molecule has 3 heterocycles. The fraction of sp³-hybridized carbons (Fsp3) is 0.522. The lowest BCUT2D eigenvalue weighted by atomic mass is 9.95. The largest absolute Gasteiger partial charge is 0.406 e. The molecule has 0 N–H and O–H groups in total. The number of alkyl halides is 3. The average Bonchev–Trinajstić information content (AvgIpc) is 3.34.